The van der Waals surface area contributed by atoms with Crippen molar-refractivity contribution in [1.82, 2.24) is 35.3 Å². The number of carbonyl (C=O) groups excluding carboxylic acids is 3. The van der Waals surface area contributed by atoms with E-state index in [4.69, 9.17) is 9.47 Å². The van der Waals surface area contributed by atoms with Crippen LogP contribution < -0.4 is 16.0 Å². The standard InChI is InChI=1S/C38H53FN8O5/c1-38(2,3)52-36(49)41-20-10-6-9-19-40-33(48)25-51-37(50)47(24-27-11-7-5-8-12-27)29-17-15-28(16-18-29)44-35-42-23-31(39)34(45-35)30-22-43-46(4)32(30)21-26-13-14-26/h5,7-8,11-12,22-23,26,28-29H,6,9-10,13-21,24-25H2,1-4H3,(H,40,48)(H,41,49)(H,42,44,45). The van der Waals surface area contributed by atoms with Gasteiger partial charge in [-0.25, -0.2) is 23.9 Å². The number of amides is 3. The van der Waals surface area contributed by atoms with Gasteiger partial charge < -0.3 is 30.3 Å². The number of aromatic nitrogens is 4. The van der Waals surface area contributed by atoms with E-state index in [1.54, 1.807) is 15.8 Å². The predicted octanol–water partition coefficient (Wildman–Crippen LogP) is 6.14. The number of nitrogens with one attached hydrogen (secondary N) is 3. The smallest absolute Gasteiger partial charge is 0.410 e. The number of anilines is 1. The molecule has 3 amide bonds. The summed E-state index contributed by atoms with van der Waals surface area (Å²) in [5, 5.41) is 13.3. The Bertz CT molecular complexity index is 1630. The average Bonchev–Trinajstić information content (AvgIpc) is 3.87. The van der Waals surface area contributed by atoms with Crippen LogP contribution in [0.3, 0.4) is 0 Å². The van der Waals surface area contributed by atoms with E-state index in [1.807, 2.05) is 58.2 Å². The van der Waals surface area contributed by atoms with Gasteiger partial charge in [0.25, 0.3) is 5.91 Å². The van der Waals surface area contributed by atoms with Crippen molar-refractivity contribution in [2.24, 2.45) is 13.0 Å². The van der Waals surface area contributed by atoms with Gasteiger partial charge >= 0.3 is 12.2 Å². The zero-order valence-electron chi connectivity index (χ0n) is 30.8. The fraction of sp³-hybridized carbons (Fsp3) is 0.579. The van der Waals surface area contributed by atoms with Crippen LogP contribution in [0.1, 0.15) is 89.8 Å². The molecule has 0 unspecified atom stereocenters. The SMILES string of the molecule is Cn1ncc(-c2nc(NC3CCC(N(Cc4ccccc4)C(=O)OCC(=O)NCCCCCNC(=O)OC(C)(C)C)CC3)ncc2F)c1CC1CC1. The molecule has 2 fully saturated rings. The molecule has 3 aromatic rings. The van der Waals surface area contributed by atoms with E-state index in [9.17, 15) is 18.8 Å². The Morgan fingerprint density at radius 1 is 0.962 bits per heavy atom. The topological polar surface area (TPSA) is 153 Å². The molecular weight excluding hydrogens is 667 g/mol. The number of benzene rings is 1. The highest BCUT2D eigenvalue weighted by molar-refractivity contribution is 5.80. The third-order valence-corrected chi connectivity index (χ3v) is 9.31. The van der Waals surface area contributed by atoms with Crippen molar-refractivity contribution in [2.75, 3.05) is 25.0 Å². The molecule has 0 spiro atoms. The molecule has 0 bridgehead atoms. The summed E-state index contributed by atoms with van der Waals surface area (Å²) < 4.78 is 27.5. The molecule has 282 valence electrons. The van der Waals surface area contributed by atoms with E-state index in [1.165, 1.54) is 19.0 Å². The van der Waals surface area contributed by atoms with Crippen molar-refractivity contribution in [3.63, 3.8) is 0 Å². The van der Waals surface area contributed by atoms with E-state index >= 15 is 0 Å². The molecule has 3 N–H and O–H groups in total. The number of alkyl carbamates (subject to hydrolysis) is 1. The number of ether oxygens (including phenoxy) is 2. The number of nitrogens with zero attached hydrogens (tertiary/aromatic N) is 5. The minimum absolute atomic E-state index is 0.0443. The first kappa shape index (κ1) is 38.5. The second-order valence-corrected chi connectivity index (χ2v) is 14.8. The highest BCUT2D eigenvalue weighted by atomic mass is 19.1. The summed E-state index contributed by atoms with van der Waals surface area (Å²) in [6.07, 6.45) is 10.3. The van der Waals surface area contributed by atoms with Gasteiger partial charge in [0, 0.05) is 50.0 Å². The Balaban J connectivity index is 1.08. The summed E-state index contributed by atoms with van der Waals surface area (Å²) >= 11 is 0. The number of aryl methyl sites for hydroxylation is 1. The van der Waals surface area contributed by atoms with Crippen molar-refractivity contribution in [3.05, 3.63) is 59.8 Å². The molecule has 52 heavy (non-hydrogen) atoms. The molecule has 13 nitrogen and oxygen atoms in total. The Hall–Kier alpha value is -4.75. The number of halogens is 1. The monoisotopic (exact) mass is 720 g/mol. The Morgan fingerprint density at radius 3 is 2.37 bits per heavy atom. The van der Waals surface area contributed by atoms with Crippen molar-refractivity contribution in [3.8, 4) is 11.3 Å². The Labute approximate surface area is 305 Å². The summed E-state index contributed by atoms with van der Waals surface area (Å²) in [4.78, 5) is 48.2. The third kappa shape index (κ3) is 11.9. The van der Waals surface area contributed by atoms with Gasteiger partial charge in [-0.3, -0.25) is 9.48 Å². The first-order valence-corrected chi connectivity index (χ1v) is 18.5. The summed E-state index contributed by atoms with van der Waals surface area (Å²) in [6.45, 7) is 6.36. The number of hydrogen-bond acceptors (Lipinski definition) is 9. The predicted molar refractivity (Wildman–Crippen MR) is 195 cm³/mol. The molecule has 0 aliphatic heterocycles. The van der Waals surface area contributed by atoms with Gasteiger partial charge in [0.1, 0.15) is 11.3 Å². The van der Waals surface area contributed by atoms with Crippen LogP contribution in [-0.4, -0.2) is 80.1 Å². The fourth-order valence-corrected chi connectivity index (χ4v) is 6.38. The molecule has 2 aliphatic rings. The molecule has 2 saturated carbocycles. The molecule has 1 aromatic carbocycles. The van der Waals surface area contributed by atoms with Crippen LogP contribution in [0.5, 0.6) is 0 Å². The van der Waals surface area contributed by atoms with E-state index in [0.29, 0.717) is 49.9 Å². The van der Waals surface area contributed by atoms with Crippen LogP contribution in [-0.2, 0) is 34.3 Å². The van der Waals surface area contributed by atoms with Crippen LogP contribution in [0.4, 0.5) is 19.9 Å². The lowest BCUT2D eigenvalue weighted by molar-refractivity contribution is -0.124. The number of unbranched alkanes of at least 4 members (excludes halogenated alkanes) is 2. The Morgan fingerprint density at radius 2 is 1.67 bits per heavy atom. The van der Waals surface area contributed by atoms with Crippen LogP contribution in [0.15, 0.2) is 42.7 Å². The molecular formula is C38H53FN8O5. The molecule has 5 rings (SSSR count). The number of hydrogen-bond donors (Lipinski definition) is 3. The normalized spacial score (nSPS) is 17.2. The van der Waals surface area contributed by atoms with Crippen molar-refractivity contribution < 1.29 is 28.2 Å². The lowest BCUT2D eigenvalue weighted by Gasteiger charge is -2.36. The second kappa shape index (κ2) is 18.1. The van der Waals surface area contributed by atoms with Gasteiger partial charge in [0.2, 0.25) is 5.95 Å². The van der Waals surface area contributed by atoms with Crippen LogP contribution in [0, 0.1) is 11.7 Å². The van der Waals surface area contributed by atoms with Crippen molar-refractivity contribution in [2.45, 2.75) is 109 Å². The maximum Gasteiger partial charge on any atom is 0.410 e. The molecule has 0 atom stereocenters. The highest BCUT2D eigenvalue weighted by Gasteiger charge is 2.31. The minimum Gasteiger partial charge on any atom is -0.444 e. The minimum atomic E-state index is -0.540. The quantitative estimate of drug-likeness (QED) is 0.148. The van der Waals surface area contributed by atoms with E-state index in [0.717, 1.165) is 49.8 Å². The van der Waals surface area contributed by atoms with E-state index < -0.39 is 23.6 Å². The van der Waals surface area contributed by atoms with Gasteiger partial charge in [-0.05, 0) is 96.5 Å². The van der Waals surface area contributed by atoms with E-state index in [2.05, 4.69) is 31.0 Å². The average molecular weight is 721 g/mol. The van der Waals surface area contributed by atoms with Crippen LogP contribution >= 0.6 is 0 Å². The molecule has 14 heteroatoms. The molecule has 2 aliphatic carbocycles. The summed E-state index contributed by atoms with van der Waals surface area (Å²) in [6, 6.07) is 9.67. The van der Waals surface area contributed by atoms with Gasteiger partial charge in [-0.2, -0.15) is 5.10 Å². The second-order valence-electron chi connectivity index (χ2n) is 14.8. The van der Waals surface area contributed by atoms with Gasteiger partial charge in [-0.1, -0.05) is 30.3 Å². The Kier molecular flexibility index (Phi) is 13.4. The summed E-state index contributed by atoms with van der Waals surface area (Å²) in [5.74, 6) is 0.140. The van der Waals surface area contributed by atoms with Crippen molar-refractivity contribution >= 4 is 24.0 Å². The zero-order chi connectivity index (χ0) is 37.1. The zero-order valence-corrected chi connectivity index (χ0v) is 30.8. The lowest BCUT2D eigenvalue weighted by Crippen LogP contribution is -2.44. The van der Waals surface area contributed by atoms with Crippen molar-refractivity contribution in [1.29, 1.82) is 0 Å². The number of rotatable bonds is 16. The van der Waals surface area contributed by atoms with Gasteiger partial charge in [-0.15, -0.1) is 0 Å². The molecule has 2 heterocycles. The molecule has 2 aromatic heterocycles. The first-order valence-electron chi connectivity index (χ1n) is 18.5. The number of carbonyl (C=O) groups is 3. The van der Waals surface area contributed by atoms with Gasteiger partial charge in [0.15, 0.2) is 12.4 Å². The van der Waals surface area contributed by atoms with Crippen LogP contribution in [0.25, 0.3) is 11.3 Å². The largest absolute Gasteiger partial charge is 0.444 e. The lowest BCUT2D eigenvalue weighted by atomic mass is 9.90. The fourth-order valence-electron chi connectivity index (χ4n) is 6.38. The maximum atomic E-state index is 15.0. The summed E-state index contributed by atoms with van der Waals surface area (Å²) in [5.41, 5.74) is 2.37. The first-order chi connectivity index (χ1) is 24.9. The summed E-state index contributed by atoms with van der Waals surface area (Å²) in [7, 11) is 1.88. The van der Waals surface area contributed by atoms with Crippen LogP contribution in [0.2, 0.25) is 0 Å². The maximum absolute atomic E-state index is 15.0. The van der Waals surface area contributed by atoms with Gasteiger partial charge in [0.05, 0.1) is 12.4 Å². The molecule has 0 saturated heterocycles. The highest BCUT2D eigenvalue weighted by Crippen LogP contribution is 2.36. The molecule has 0 radical (unpaired) electrons. The van der Waals surface area contributed by atoms with E-state index in [-0.39, 0.29) is 30.3 Å². The third-order valence-electron chi connectivity index (χ3n) is 9.31.